The van der Waals surface area contributed by atoms with E-state index in [2.05, 4.69) is 15.3 Å². The van der Waals surface area contributed by atoms with Crippen LogP contribution in [0.2, 0.25) is 5.15 Å². The van der Waals surface area contributed by atoms with Gasteiger partial charge in [0.2, 0.25) is 0 Å². The fourth-order valence-corrected chi connectivity index (χ4v) is 2.78. The number of nitrogens with one attached hydrogen (secondary N) is 1. The maximum Gasteiger partial charge on any atom is 0.261 e. The summed E-state index contributed by atoms with van der Waals surface area (Å²) in [7, 11) is 1.53. The van der Waals surface area contributed by atoms with E-state index in [1.165, 1.54) is 23.9 Å². The van der Waals surface area contributed by atoms with Gasteiger partial charge in [-0.25, -0.2) is 18.4 Å². The predicted molar refractivity (Wildman–Crippen MR) is 81.6 cm³/mol. The lowest BCUT2D eigenvalue weighted by molar-refractivity contribution is 0.609. The summed E-state index contributed by atoms with van der Waals surface area (Å²) in [4.78, 5) is 8.29. The summed E-state index contributed by atoms with van der Waals surface area (Å²) < 4.78 is 22.3. The monoisotopic (exact) mass is 349 g/mol. The fraction of sp³-hybridized carbons (Fsp3) is 0.0909. The Kier molecular flexibility index (Phi) is 4.74. The van der Waals surface area contributed by atoms with Crippen LogP contribution in [0.3, 0.4) is 0 Å². The van der Waals surface area contributed by atoms with Gasteiger partial charge in [-0.1, -0.05) is 23.4 Å². The highest BCUT2D eigenvalue weighted by atomic mass is 35.7. The maximum absolute atomic E-state index is 11.1. The van der Waals surface area contributed by atoms with Crippen molar-refractivity contribution in [3.8, 4) is 0 Å². The average Bonchev–Trinajstić information content (AvgIpc) is 2.37. The molecule has 0 aliphatic rings. The number of aromatic nitrogens is 2. The molecule has 9 heteroatoms. The Balaban J connectivity index is 2.24. The van der Waals surface area contributed by atoms with Crippen LogP contribution in [0.15, 0.2) is 40.4 Å². The number of rotatable bonds is 4. The smallest absolute Gasteiger partial charge is 0.261 e. The first-order valence-corrected chi connectivity index (χ1v) is 9.20. The molecule has 0 amide bonds. The molecular formula is C11H9Cl2N3O2S2. The van der Waals surface area contributed by atoms with Gasteiger partial charge in [-0.3, -0.25) is 0 Å². The van der Waals surface area contributed by atoms with Gasteiger partial charge >= 0.3 is 0 Å². The Bertz CT molecular complexity index is 721. The SMILES string of the molecule is CSc1nc(Cl)cc(Nc2ccc(S(=O)(=O)Cl)cc2)n1. The molecule has 0 saturated heterocycles. The highest BCUT2D eigenvalue weighted by molar-refractivity contribution is 8.13. The number of halogens is 2. The Morgan fingerprint density at radius 3 is 2.40 bits per heavy atom. The Labute approximate surface area is 130 Å². The van der Waals surface area contributed by atoms with Crippen molar-refractivity contribution in [2.75, 3.05) is 11.6 Å². The van der Waals surface area contributed by atoms with Gasteiger partial charge in [-0.15, -0.1) is 0 Å². The number of nitrogens with zero attached hydrogens (tertiary/aromatic N) is 2. The molecule has 20 heavy (non-hydrogen) atoms. The van der Waals surface area contributed by atoms with E-state index in [1.54, 1.807) is 18.2 Å². The first kappa shape index (κ1) is 15.4. The summed E-state index contributed by atoms with van der Waals surface area (Å²) in [5.41, 5.74) is 0.663. The minimum atomic E-state index is -3.72. The molecule has 1 N–H and O–H groups in total. The summed E-state index contributed by atoms with van der Waals surface area (Å²) in [5, 5.41) is 3.88. The van der Waals surface area contributed by atoms with Gasteiger partial charge in [0.25, 0.3) is 9.05 Å². The maximum atomic E-state index is 11.1. The lowest BCUT2D eigenvalue weighted by atomic mass is 10.3. The Morgan fingerprint density at radius 1 is 1.20 bits per heavy atom. The molecule has 106 valence electrons. The van der Waals surface area contributed by atoms with E-state index in [0.717, 1.165) is 0 Å². The van der Waals surface area contributed by atoms with Gasteiger partial charge in [0, 0.05) is 22.4 Å². The largest absolute Gasteiger partial charge is 0.340 e. The second-order valence-corrected chi connectivity index (χ2v) is 7.38. The first-order valence-electron chi connectivity index (χ1n) is 5.29. The van der Waals surface area contributed by atoms with Crippen molar-refractivity contribution in [1.29, 1.82) is 0 Å². The third kappa shape index (κ3) is 3.99. The molecule has 0 spiro atoms. The molecule has 0 unspecified atom stereocenters. The van der Waals surface area contributed by atoms with Gasteiger partial charge in [0.05, 0.1) is 4.90 Å². The number of hydrogen-bond acceptors (Lipinski definition) is 6. The second kappa shape index (κ2) is 6.17. The molecule has 1 heterocycles. The zero-order chi connectivity index (χ0) is 14.8. The van der Waals surface area contributed by atoms with Gasteiger partial charge in [0.15, 0.2) is 5.16 Å². The van der Waals surface area contributed by atoms with Crippen LogP contribution in [-0.2, 0) is 9.05 Å². The third-order valence-electron chi connectivity index (χ3n) is 2.27. The molecule has 0 atom stereocenters. The van der Waals surface area contributed by atoms with Crippen molar-refractivity contribution in [3.05, 3.63) is 35.5 Å². The number of thioether (sulfide) groups is 1. The van der Waals surface area contributed by atoms with Gasteiger partial charge in [0.1, 0.15) is 11.0 Å². The molecule has 0 aliphatic carbocycles. The quantitative estimate of drug-likeness (QED) is 0.394. The van der Waals surface area contributed by atoms with Crippen LogP contribution in [-0.4, -0.2) is 24.6 Å². The summed E-state index contributed by atoms with van der Waals surface area (Å²) in [5.74, 6) is 0.524. The van der Waals surface area contributed by atoms with Crippen LogP contribution in [0.5, 0.6) is 0 Å². The normalized spacial score (nSPS) is 11.3. The van der Waals surface area contributed by atoms with Crippen molar-refractivity contribution in [1.82, 2.24) is 9.97 Å². The van der Waals surface area contributed by atoms with Crippen molar-refractivity contribution < 1.29 is 8.42 Å². The standard InChI is InChI=1S/C11H9Cl2N3O2S2/c1-19-11-15-9(12)6-10(16-11)14-7-2-4-8(5-3-7)20(13,17)18/h2-6H,1H3,(H,14,15,16). The minimum Gasteiger partial charge on any atom is -0.340 e. The highest BCUT2D eigenvalue weighted by Gasteiger charge is 2.09. The third-order valence-corrected chi connectivity index (χ3v) is 4.38. The molecule has 1 aromatic heterocycles. The van der Waals surface area contributed by atoms with E-state index >= 15 is 0 Å². The topological polar surface area (TPSA) is 72.0 Å². The molecule has 0 bridgehead atoms. The highest BCUT2D eigenvalue weighted by Crippen LogP contribution is 2.22. The molecule has 2 aromatic rings. The molecule has 5 nitrogen and oxygen atoms in total. The Hall–Kier alpha value is -1.02. The predicted octanol–water partition coefficient (Wildman–Crippen LogP) is 3.52. The molecule has 0 saturated carbocycles. The molecule has 0 radical (unpaired) electrons. The second-order valence-electron chi connectivity index (χ2n) is 3.65. The molecular weight excluding hydrogens is 341 g/mol. The van der Waals surface area contributed by atoms with Gasteiger partial charge in [-0.05, 0) is 30.5 Å². The van der Waals surface area contributed by atoms with E-state index in [-0.39, 0.29) is 4.90 Å². The van der Waals surface area contributed by atoms with Crippen LogP contribution in [0.4, 0.5) is 11.5 Å². The van der Waals surface area contributed by atoms with Crippen molar-refractivity contribution >= 4 is 54.6 Å². The van der Waals surface area contributed by atoms with Crippen LogP contribution in [0.25, 0.3) is 0 Å². The Morgan fingerprint density at radius 2 is 1.85 bits per heavy atom. The molecule has 2 rings (SSSR count). The zero-order valence-electron chi connectivity index (χ0n) is 10.2. The van der Waals surface area contributed by atoms with Crippen LogP contribution < -0.4 is 5.32 Å². The lowest BCUT2D eigenvalue weighted by Gasteiger charge is -2.07. The van der Waals surface area contributed by atoms with Crippen molar-refractivity contribution in [2.45, 2.75) is 10.1 Å². The average molecular weight is 350 g/mol. The van der Waals surface area contributed by atoms with Gasteiger partial charge < -0.3 is 5.32 Å². The van der Waals surface area contributed by atoms with E-state index < -0.39 is 9.05 Å². The number of benzene rings is 1. The van der Waals surface area contributed by atoms with Crippen molar-refractivity contribution in [2.24, 2.45) is 0 Å². The van der Waals surface area contributed by atoms with Crippen LogP contribution in [0, 0.1) is 0 Å². The van der Waals surface area contributed by atoms with E-state index in [1.807, 2.05) is 6.26 Å². The molecule has 1 aromatic carbocycles. The molecule has 0 fully saturated rings. The summed E-state index contributed by atoms with van der Waals surface area (Å²) >= 11 is 7.25. The minimum absolute atomic E-state index is 0.0373. The van der Waals surface area contributed by atoms with Crippen LogP contribution >= 0.6 is 34.0 Å². The van der Waals surface area contributed by atoms with Crippen LogP contribution in [0.1, 0.15) is 0 Å². The number of hydrogen-bond donors (Lipinski definition) is 1. The zero-order valence-corrected chi connectivity index (χ0v) is 13.3. The van der Waals surface area contributed by atoms with E-state index in [9.17, 15) is 8.42 Å². The lowest BCUT2D eigenvalue weighted by Crippen LogP contribution is -1.97. The summed E-state index contributed by atoms with van der Waals surface area (Å²) in [6.45, 7) is 0. The first-order chi connectivity index (χ1) is 9.38. The van der Waals surface area contributed by atoms with E-state index in [0.29, 0.717) is 21.8 Å². The summed E-state index contributed by atoms with van der Waals surface area (Å²) in [6, 6.07) is 7.56. The number of anilines is 2. The molecule has 0 aliphatic heterocycles. The fourth-order valence-electron chi connectivity index (χ4n) is 1.40. The van der Waals surface area contributed by atoms with Gasteiger partial charge in [-0.2, -0.15) is 0 Å². The van der Waals surface area contributed by atoms with Crippen molar-refractivity contribution in [3.63, 3.8) is 0 Å². The summed E-state index contributed by atoms with van der Waals surface area (Å²) in [6.07, 6.45) is 1.84. The van der Waals surface area contributed by atoms with E-state index in [4.69, 9.17) is 22.3 Å².